The second-order valence-corrected chi connectivity index (χ2v) is 8.26. The number of carboxylic acid groups (broad SMARTS) is 4. The van der Waals surface area contributed by atoms with Gasteiger partial charge in [0, 0.05) is 56.5 Å². The lowest BCUT2D eigenvalue weighted by Gasteiger charge is -2.39. The molecule has 4 N–H and O–H groups in total. The highest BCUT2D eigenvalue weighted by Crippen LogP contribution is 2.25. The van der Waals surface area contributed by atoms with Crippen LogP contribution in [0.25, 0.3) is 0 Å². The molecule has 13 nitrogen and oxygen atoms in total. The molecule has 1 unspecified atom stereocenters. The van der Waals surface area contributed by atoms with Crippen molar-refractivity contribution in [3.8, 4) is 0 Å². The standard InChI is InChI=1S/C18H29N3O2.2C4H4O4/c1-4-23-18(22)21-14-12-20(13-15-21)17(10-11-19(2)3)16-8-6-5-7-9-16;2*5-3(6)1-2-4(7)8/h5-9,17H,4,10-15H2,1-3H3;2*1-2H,(H,5,6)(H,7,8)/b;2*2-1+. The van der Waals surface area contributed by atoms with Crippen LogP contribution in [0.4, 0.5) is 4.79 Å². The number of piperazine rings is 1. The number of hydrogen-bond donors (Lipinski definition) is 4. The van der Waals surface area contributed by atoms with Crippen LogP contribution in [0.5, 0.6) is 0 Å². The Bertz CT molecular complexity index is 905. The van der Waals surface area contributed by atoms with Gasteiger partial charge in [-0.25, -0.2) is 24.0 Å². The first-order chi connectivity index (χ1) is 18.4. The van der Waals surface area contributed by atoms with Gasteiger partial charge in [-0.3, -0.25) is 4.90 Å². The van der Waals surface area contributed by atoms with E-state index < -0.39 is 23.9 Å². The molecule has 1 heterocycles. The number of ether oxygens (including phenoxy) is 1. The fourth-order valence-electron chi connectivity index (χ4n) is 3.33. The Balaban J connectivity index is 0.000000742. The van der Waals surface area contributed by atoms with Gasteiger partial charge >= 0.3 is 30.0 Å². The van der Waals surface area contributed by atoms with Gasteiger partial charge in [-0.15, -0.1) is 0 Å². The maximum Gasteiger partial charge on any atom is 0.409 e. The number of carbonyl (C=O) groups excluding carboxylic acids is 1. The van der Waals surface area contributed by atoms with E-state index in [1.807, 2.05) is 11.8 Å². The van der Waals surface area contributed by atoms with Gasteiger partial charge < -0.3 is 35.0 Å². The largest absolute Gasteiger partial charge is 0.478 e. The molecular formula is C26H37N3O10. The highest BCUT2D eigenvalue weighted by Gasteiger charge is 2.27. The molecule has 2 rings (SSSR count). The zero-order chi connectivity index (χ0) is 29.8. The quantitative estimate of drug-likeness (QED) is 0.310. The summed E-state index contributed by atoms with van der Waals surface area (Å²) in [4.78, 5) is 56.6. The predicted octanol–water partition coefficient (Wildman–Crippen LogP) is 1.88. The number of carbonyl (C=O) groups is 5. The minimum atomic E-state index is -1.26. The summed E-state index contributed by atoms with van der Waals surface area (Å²) in [6.07, 6.45) is 3.14. The van der Waals surface area contributed by atoms with Crippen molar-refractivity contribution in [2.45, 2.75) is 19.4 Å². The molecule has 39 heavy (non-hydrogen) atoms. The summed E-state index contributed by atoms with van der Waals surface area (Å²) in [5.74, 6) is -5.03. The van der Waals surface area contributed by atoms with Crippen molar-refractivity contribution in [3.05, 3.63) is 60.2 Å². The minimum absolute atomic E-state index is 0.184. The van der Waals surface area contributed by atoms with Crippen molar-refractivity contribution in [3.63, 3.8) is 0 Å². The molecule has 1 aromatic carbocycles. The Labute approximate surface area is 227 Å². The molecule has 1 aliphatic heterocycles. The van der Waals surface area contributed by atoms with Gasteiger partial charge in [0.25, 0.3) is 0 Å². The summed E-state index contributed by atoms with van der Waals surface area (Å²) in [5, 5.41) is 31.2. The van der Waals surface area contributed by atoms with Crippen LogP contribution in [0, 0.1) is 0 Å². The van der Waals surface area contributed by atoms with E-state index in [0.29, 0.717) is 37.0 Å². The summed E-state index contributed by atoms with van der Waals surface area (Å²) >= 11 is 0. The number of rotatable bonds is 10. The molecule has 13 heteroatoms. The van der Waals surface area contributed by atoms with Crippen LogP contribution in [0.2, 0.25) is 0 Å². The smallest absolute Gasteiger partial charge is 0.409 e. The Morgan fingerprint density at radius 3 is 1.62 bits per heavy atom. The minimum Gasteiger partial charge on any atom is -0.478 e. The zero-order valence-electron chi connectivity index (χ0n) is 22.3. The first-order valence-corrected chi connectivity index (χ1v) is 12.0. The molecule has 0 bridgehead atoms. The average molecular weight is 552 g/mol. The number of nitrogens with zero attached hydrogens (tertiary/aromatic N) is 3. The molecule has 0 aromatic heterocycles. The second kappa shape index (κ2) is 19.8. The van der Waals surface area contributed by atoms with Gasteiger partial charge in [0.1, 0.15) is 0 Å². The SMILES string of the molecule is CCOC(=O)N1CCN(C(CCN(C)C)c2ccccc2)CC1.O=C(O)/C=C/C(=O)O.O=C(O)/C=C/C(=O)O. The van der Waals surface area contributed by atoms with Gasteiger partial charge in [-0.05, 0) is 39.5 Å². The summed E-state index contributed by atoms with van der Waals surface area (Å²) < 4.78 is 5.10. The molecule has 0 saturated carbocycles. The topological polar surface area (TPSA) is 185 Å². The molecule has 1 fully saturated rings. The van der Waals surface area contributed by atoms with E-state index in [1.54, 1.807) is 0 Å². The maximum absolute atomic E-state index is 11.8. The third-order valence-corrected chi connectivity index (χ3v) is 5.05. The Hall–Kier alpha value is -4.23. The molecule has 1 atom stereocenters. The fraction of sp³-hybridized carbons (Fsp3) is 0.423. The van der Waals surface area contributed by atoms with E-state index in [1.165, 1.54) is 5.56 Å². The van der Waals surface area contributed by atoms with Crippen molar-refractivity contribution in [1.29, 1.82) is 0 Å². The van der Waals surface area contributed by atoms with Crippen LogP contribution in [0.1, 0.15) is 24.9 Å². The van der Waals surface area contributed by atoms with Crippen LogP contribution >= 0.6 is 0 Å². The van der Waals surface area contributed by atoms with E-state index >= 15 is 0 Å². The molecule has 0 radical (unpaired) electrons. The van der Waals surface area contributed by atoms with Crippen molar-refractivity contribution in [2.24, 2.45) is 0 Å². The van der Waals surface area contributed by atoms with Crippen LogP contribution in [-0.4, -0.2) is 119 Å². The van der Waals surface area contributed by atoms with Crippen molar-refractivity contribution in [2.75, 3.05) is 53.4 Å². The van der Waals surface area contributed by atoms with E-state index in [9.17, 15) is 24.0 Å². The molecular weight excluding hydrogens is 514 g/mol. The van der Waals surface area contributed by atoms with Gasteiger partial charge in [-0.1, -0.05) is 30.3 Å². The first-order valence-electron chi connectivity index (χ1n) is 12.0. The van der Waals surface area contributed by atoms with Crippen LogP contribution in [-0.2, 0) is 23.9 Å². The van der Waals surface area contributed by atoms with Crippen LogP contribution in [0.15, 0.2) is 54.6 Å². The third-order valence-electron chi connectivity index (χ3n) is 5.05. The number of benzene rings is 1. The third kappa shape index (κ3) is 17.8. The summed E-state index contributed by atoms with van der Waals surface area (Å²) in [5.41, 5.74) is 1.36. The Morgan fingerprint density at radius 2 is 1.26 bits per heavy atom. The Morgan fingerprint density at radius 1 is 0.821 bits per heavy atom. The lowest BCUT2D eigenvalue weighted by atomic mass is 10.0. The van der Waals surface area contributed by atoms with E-state index in [4.69, 9.17) is 25.2 Å². The number of amides is 1. The Kier molecular flexibility index (Phi) is 17.7. The van der Waals surface area contributed by atoms with Crippen molar-refractivity contribution < 1.29 is 49.1 Å². The maximum atomic E-state index is 11.8. The highest BCUT2D eigenvalue weighted by atomic mass is 16.6. The number of carboxylic acids is 4. The van der Waals surface area contributed by atoms with Gasteiger partial charge in [-0.2, -0.15) is 0 Å². The van der Waals surface area contributed by atoms with Gasteiger partial charge in [0.15, 0.2) is 0 Å². The molecule has 216 valence electrons. The van der Waals surface area contributed by atoms with Crippen LogP contribution in [0.3, 0.4) is 0 Å². The van der Waals surface area contributed by atoms with Crippen molar-refractivity contribution >= 4 is 30.0 Å². The highest BCUT2D eigenvalue weighted by molar-refractivity contribution is 5.90. The molecule has 1 saturated heterocycles. The molecule has 0 aliphatic carbocycles. The zero-order valence-corrected chi connectivity index (χ0v) is 22.3. The normalized spacial score (nSPS) is 14.1. The molecule has 1 aliphatic rings. The van der Waals surface area contributed by atoms with Crippen LogP contribution < -0.4 is 0 Å². The van der Waals surface area contributed by atoms with E-state index in [0.717, 1.165) is 39.1 Å². The molecule has 1 aromatic rings. The van der Waals surface area contributed by atoms with Gasteiger partial charge in [0.2, 0.25) is 0 Å². The number of aliphatic carboxylic acids is 4. The first kappa shape index (κ1) is 34.8. The molecule has 0 spiro atoms. The predicted molar refractivity (Wildman–Crippen MR) is 141 cm³/mol. The summed E-state index contributed by atoms with van der Waals surface area (Å²) in [6, 6.07) is 11.1. The molecule has 1 amide bonds. The average Bonchev–Trinajstić information content (AvgIpc) is 2.88. The van der Waals surface area contributed by atoms with Gasteiger partial charge in [0.05, 0.1) is 6.61 Å². The fourth-order valence-corrected chi connectivity index (χ4v) is 3.33. The summed E-state index contributed by atoms with van der Waals surface area (Å²) in [6.45, 7) is 6.61. The van der Waals surface area contributed by atoms with Crippen molar-refractivity contribution in [1.82, 2.24) is 14.7 Å². The monoisotopic (exact) mass is 551 g/mol. The summed E-state index contributed by atoms with van der Waals surface area (Å²) in [7, 11) is 4.22. The lowest BCUT2D eigenvalue weighted by Crippen LogP contribution is -2.50. The second-order valence-electron chi connectivity index (χ2n) is 8.26. The van der Waals surface area contributed by atoms with E-state index in [-0.39, 0.29) is 6.09 Å². The van der Waals surface area contributed by atoms with E-state index in [2.05, 4.69) is 54.2 Å². The lowest BCUT2D eigenvalue weighted by molar-refractivity contribution is -0.134. The number of hydrogen-bond acceptors (Lipinski definition) is 8.